The van der Waals surface area contributed by atoms with Crippen molar-refractivity contribution in [1.29, 1.82) is 0 Å². The molecule has 0 unspecified atom stereocenters. The van der Waals surface area contributed by atoms with Crippen LogP contribution in [0.3, 0.4) is 0 Å². The molecule has 0 spiro atoms. The lowest BCUT2D eigenvalue weighted by molar-refractivity contribution is -0.144. The van der Waals surface area contributed by atoms with E-state index in [1.165, 1.54) is 5.56 Å². The van der Waals surface area contributed by atoms with Crippen LogP contribution in [0.25, 0.3) is 11.1 Å². The Kier molecular flexibility index (Phi) is 13.2. The summed E-state index contributed by atoms with van der Waals surface area (Å²) in [6.45, 7) is 5.58. The number of rotatable bonds is 19. The number of nitrogen functional groups attached to an aromatic ring is 1. The predicted octanol–water partition coefficient (Wildman–Crippen LogP) is 7.06. The second-order valence-electron chi connectivity index (χ2n) is 10.8. The van der Waals surface area contributed by atoms with Crippen LogP contribution in [0, 0.1) is 0 Å². The van der Waals surface area contributed by atoms with Gasteiger partial charge in [-0.05, 0) is 98.5 Å². The summed E-state index contributed by atoms with van der Waals surface area (Å²) < 4.78 is 33.2. The Bertz CT molecular complexity index is 1410. The third kappa shape index (κ3) is 10.6. The van der Waals surface area contributed by atoms with Gasteiger partial charge in [0.15, 0.2) is 11.5 Å². The minimum Gasteiger partial charge on any atom is -0.493 e. The monoisotopic (exact) mass is 619 g/mol. The Hall–Kier alpha value is -4.40. The highest BCUT2D eigenvalue weighted by atomic mass is 16.7. The molecule has 1 aliphatic rings. The van der Waals surface area contributed by atoms with Gasteiger partial charge < -0.3 is 34.2 Å². The first-order valence-corrected chi connectivity index (χ1v) is 15.9. The summed E-state index contributed by atoms with van der Waals surface area (Å²) in [6, 6.07) is 17.6. The number of carbonyl (C=O) groups is 2. The zero-order chi connectivity index (χ0) is 31.9. The molecule has 0 radical (unpaired) electrons. The van der Waals surface area contributed by atoms with Crippen LogP contribution < -0.4 is 24.7 Å². The lowest BCUT2D eigenvalue weighted by Gasteiger charge is -2.16. The lowest BCUT2D eigenvalue weighted by Crippen LogP contribution is -2.10. The normalized spacial score (nSPS) is 11.7. The molecule has 0 aliphatic carbocycles. The van der Waals surface area contributed by atoms with Gasteiger partial charge in [0.25, 0.3) is 0 Å². The topological polar surface area (TPSA) is 116 Å². The van der Waals surface area contributed by atoms with Crippen LogP contribution in [0.15, 0.2) is 54.6 Å². The van der Waals surface area contributed by atoms with Gasteiger partial charge in [0.05, 0.1) is 26.4 Å². The highest BCUT2D eigenvalue weighted by Crippen LogP contribution is 2.37. The van der Waals surface area contributed by atoms with E-state index in [1.54, 1.807) is 6.92 Å². The van der Waals surface area contributed by atoms with Gasteiger partial charge in [-0.2, -0.15) is 0 Å². The molecule has 2 N–H and O–H groups in total. The molecule has 242 valence electrons. The molecule has 0 aromatic heterocycles. The SMILES string of the molecule is CCOC(=O)CCCOc1cccc(CCCCCCOc2cc(N)cc(-c3ccc4c(c3)OCO4)c2)c1CCC(=O)OCC. The Morgan fingerprint density at radius 2 is 1.49 bits per heavy atom. The molecule has 0 fully saturated rings. The maximum Gasteiger partial charge on any atom is 0.306 e. The number of fused-ring (bicyclic) bond motifs is 1. The number of carbonyl (C=O) groups excluding carboxylic acids is 2. The van der Waals surface area contributed by atoms with Crippen LogP contribution in [-0.2, 0) is 31.9 Å². The maximum absolute atomic E-state index is 12.1. The first-order chi connectivity index (χ1) is 22.0. The Morgan fingerprint density at radius 3 is 2.31 bits per heavy atom. The second-order valence-corrected chi connectivity index (χ2v) is 10.8. The van der Waals surface area contributed by atoms with Crippen molar-refractivity contribution >= 4 is 17.6 Å². The maximum atomic E-state index is 12.1. The average Bonchev–Trinajstić information content (AvgIpc) is 3.50. The molecule has 1 aliphatic heterocycles. The van der Waals surface area contributed by atoms with E-state index in [2.05, 4.69) is 6.07 Å². The van der Waals surface area contributed by atoms with Crippen molar-refractivity contribution in [3.8, 4) is 34.1 Å². The molecule has 0 bridgehead atoms. The van der Waals surface area contributed by atoms with Gasteiger partial charge in [0.1, 0.15) is 11.5 Å². The van der Waals surface area contributed by atoms with Crippen molar-refractivity contribution in [3.05, 3.63) is 65.7 Å². The number of benzene rings is 3. The van der Waals surface area contributed by atoms with Crippen LogP contribution in [0.1, 0.15) is 69.9 Å². The smallest absolute Gasteiger partial charge is 0.306 e. The molecule has 3 aromatic rings. The molecular formula is C36H45NO8. The van der Waals surface area contributed by atoms with E-state index in [-0.39, 0.29) is 18.7 Å². The number of unbranched alkanes of at least 4 members (excludes halogenated alkanes) is 3. The minimum atomic E-state index is -0.221. The van der Waals surface area contributed by atoms with Crippen LogP contribution >= 0.6 is 0 Å². The van der Waals surface area contributed by atoms with Gasteiger partial charge in [-0.3, -0.25) is 9.59 Å². The molecule has 1 heterocycles. The van der Waals surface area contributed by atoms with E-state index in [0.29, 0.717) is 57.8 Å². The Balaban J connectivity index is 1.24. The number of aryl methyl sites for hydroxylation is 1. The van der Waals surface area contributed by atoms with E-state index in [4.69, 9.17) is 34.2 Å². The number of anilines is 1. The quantitative estimate of drug-likeness (QED) is 0.0855. The average molecular weight is 620 g/mol. The van der Waals surface area contributed by atoms with Crippen molar-refractivity contribution in [3.63, 3.8) is 0 Å². The molecule has 9 nitrogen and oxygen atoms in total. The summed E-state index contributed by atoms with van der Waals surface area (Å²) in [5.74, 6) is 2.54. The third-order valence-electron chi connectivity index (χ3n) is 7.45. The molecule has 45 heavy (non-hydrogen) atoms. The Labute approximate surface area is 265 Å². The van der Waals surface area contributed by atoms with Crippen molar-refractivity contribution in [2.24, 2.45) is 0 Å². The molecule has 0 saturated heterocycles. The third-order valence-corrected chi connectivity index (χ3v) is 7.45. The molecule has 0 saturated carbocycles. The van der Waals surface area contributed by atoms with Crippen LogP contribution in [0.5, 0.6) is 23.0 Å². The number of hydrogen-bond acceptors (Lipinski definition) is 9. The van der Waals surface area contributed by atoms with Crippen LogP contribution in [0.4, 0.5) is 5.69 Å². The molecule has 0 atom stereocenters. The fourth-order valence-corrected chi connectivity index (χ4v) is 5.27. The zero-order valence-electron chi connectivity index (χ0n) is 26.4. The first-order valence-electron chi connectivity index (χ1n) is 15.9. The Morgan fingerprint density at radius 1 is 0.733 bits per heavy atom. The highest BCUT2D eigenvalue weighted by molar-refractivity contribution is 5.72. The van der Waals surface area contributed by atoms with Crippen molar-refractivity contribution in [1.82, 2.24) is 0 Å². The summed E-state index contributed by atoms with van der Waals surface area (Å²) in [5.41, 5.74) is 11.0. The van der Waals surface area contributed by atoms with Crippen LogP contribution in [-0.4, -0.2) is 45.2 Å². The molecule has 4 rings (SSSR count). The van der Waals surface area contributed by atoms with E-state index in [1.807, 2.05) is 55.5 Å². The number of hydrogen-bond donors (Lipinski definition) is 1. The van der Waals surface area contributed by atoms with E-state index in [9.17, 15) is 9.59 Å². The van der Waals surface area contributed by atoms with Gasteiger partial charge in [0, 0.05) is 24.6 Å². The largest absolute Gasteiger partial charge is 0.493 e. The summed E-state index contributed by atoms with van der Waals surface area (Å²) >= 11 is 0. The van der Waals surface area contributed by atoms with E-state index in [0.717, 1.165) is 71.8 Å². The number of ether oxygens (including phenoxy) is 6. The second kappa shape index (κ2) is 17.8. The van der Waals surface area contributed by atoms with Gasteiger partial charge in [0.2, 0.25) is 6.79 Å². The standard InChI is InChI=1S/C36H45NO8/c1-3-40-35(38)14-10-20-43-32-13-9-12-26(31(32)16-18-36(39)41-4-2)11-7-5-6-8-19-42-30-22-28(21-29(37)24-30)27-15-17-33-34(23-27)45-25-44-33/h9,12-13,15,17,21-24H,3-8,10-11,14,16,18-20,25,37H2,1-2H3. The summed E-state index contributed by atoms with van der Waals surface area (Å²) in [4.78, 5) is 23.8. The van der Waals surface area contributed by atoms with Gasteiger partial charge in [-0.1, -0.05) is 31.0 Å². The molecular weight excluding hydrogens is 574 g/mol. The highest BCUT2D eigenvalue weighted by Gasteiger charge is 2.15. The van der Waals surface area contributed by atoms with Crippen molar-refractivity contribution in [2.45, 2.75) is 71.6 Å². The fourth-order valence-electron chi connectivity index (χ4n) is 5.27. The minimum absolute atomic E-state index is 0.219. The molecule has 3 aromatic carbocycles. The van der Waals surface area contributed by atoms with Gasteiger partial charge in [-0.15, -0.1) is 0 Å². The summed E-state index contributed by atoms with van der Waals surface area (Å²) in [7, 11) is 0. The summed E-state index contributed by atoms with van der Waals surface area (Å²) in [6.07, 6.45) is 6.61. The predicted molar refractivity (Wildman–Crippen MR) is 173 cm³/mol. The van der Waals surface area contributed by atoms with Crippen molar-refractivity contribution < 1.29 is 38.0 Å². The van der Waals surface area contributed by atoms with E-state index >= 15 is 0 Å². The van der Waals surface area contributed by atoms with Crippen molar-refractivity contribution in [2.75, 3.05) is 39.0 Å². The fraction of sp³-hybridized carbons (Fsp3) is 0.444. The number of nitrogens with two attached hydrogens (primary N) is 1. The zero-order valence-corrected chi connectivity index (χ0v) is 26.4. The molecule has 9 heteroatoms. The van der Waals surface area contributed by atoms with Gasteiger partial charge in [-0.25, -0.2) is 0 Å². The van der Waals surface area contributed by atoms with E-state index < -0.39 is 0 Å². The molecule has 0 amide bonds. The van der Waals surface area contributed by atoms with Crippen LogP contribution in [0.2, 0.25) is 0 Å². The summed E-state index contributed by atoms with van der Waals surface area (Å²) in [5, 5.41) is 0. The van der Waals surface area contributed by atoms with Gasteiger partial charge >= 0.3 is 11.9 Å². The number of esters is 2. The lowest BCUT2D eigenvalue weighted by atomic mass is 9.96. The first kappa shape index (κ1) is 33.5.